The molecule has 0 aromatic heterocycles. The van der Waals surface area contributed by atoms with Crippen LogP contribution in [0.5, 0.6) is 5.75 Å². The number of para-hydroxylation sites is 2. The zero-order valence-electron chi connectivity index (χ0n) is 14.2. The summed E-state index contributed by atoms with van der Waals surface area (Å²) >= 11 is 0. The molecular weight excluding hydrogens is 316 g/mol. The standard InChI is InChI=1S/C20H22N2O3/c1-22(15-9-3-2-4-10-15)19(25)20(13-7-8-14-20)21-18(24)16-11-5-6-12-17(16)23/h2-6,9-12,23H,7-8,13-14H2,1H3,(H,21,24). The fourth-order valence-electron chi connectivity index (χ4n) is 3.41. The molecule has 2 aromatic rings. The van der Waals surface area contributed by atoms with Crippen molar-refractivity contribution >= 4 is 17.5 Å². The van der Waals surface area contributed by atoms with E-state index in [4.69, 9.17) is 0 Å². The summed E-state index contributed by atoms with van der Waals surface area (Å²) in [5.74, 6) is -0.633. The third kappa shape index (κ3) is 3.36. The van der Waals surface area contributed by atoms with Gasteiger partial charge in [-0.25, -0.2) is 0 Å². The van der Waals surface area contributed by atoms with E-state index in [2.05, 4.69) is 5.32 Å². The molecule has 1 saturated carbocycles. The molecule has 0 spiro atoms. The molecule has 2 amide bonds. The second-order valence-electron chi connectivity index (χ2n) is 6.46. The fraction of sp³-hybridized carbons (Fsp3) is 0.300. The molecule has 2 N–H and O–H groups in total. The van der Waals surface area contributed by atoms with Crippen LogP contribution in [0.2, 0.25) is 0 Å². The molecular formula is C20H22N2O3. The van der Waals surface area contributed by atoms with E-state index >= 15 is 0 Å². The highest BCUT2D eigenvalue weighted by molar-refractivity contribution is 6.05. The van der Waals surface area contributed by atoms with Crippen molar-refractivity contribution in [3.63, 3.8) is 0 Å². The minimum atomic E-state index is -0.927. The highest BCUT2D eigenvalue weighted by Crippen LogP contribution is 2.33. The Kier molecular flexibility index (Phi) is 4.74. The Balaban J connectivity index is 1.85. The third-order valence-corrected chi connectivity index (χ3v) is 4.82. The van der Waals surface area contributed by atoms with Gasteiger partial charge in [0.1, 0.15) is 11.3 Å². The lowest BCUT2D eigenvalue weighted by atomic mass is 9.94. The molecule has 5 nitrogen and oxygen atoms in total. The highest BCUT2D eigenvalue weighted by Gasteiger charge is 2.44. The van der Waals surface area contributed by atoms with E-state index in [0.29, 0.717) is 12.8 Å². The first-order chi connectivity index (χ1) is 12.0. The molecule has 0 saturated heterocycles. The summed E-state index contributed by atoms with van der Waals surface area (Å²) in [7, 11) is 1.73. The number of nitrogens with one attached hydrogen (secondary N) is 1. The number of carbonyl (C=O) groups is 2. The van der Waals surface area contributed by atoms with E-state index in [0.717, 1.165) is 18.5 Å². The van der Waals surface area contributed by atoms with Gasteiger partial charge in [-0.2, -0.15) is 0 Å². The molecule has 0 aliphatic heterocycles. The number of phenols is 1. The largest absolute Gasteiger partial charge is 0.507 e. The molecule has 0 atom stereocenters. The summed E-state index contributed by atoms with van der Waals surface area (Å²) in [6.45, 7) is 0. The average Bonchev–Trinajstić information content (AvgIpc) is 3.11. The minimum Gasteiger partial charge on any atom is -0.507 e. The van der Waals surface area contributed by atoms with Crippen LogP contribution in [0.1, 0.15) is 36.0 Å². The Morgan fingerprint density at radius 3 is 2.24 bits per heavy atom. The summed E-state index contributed by atoms with van der Waals surface area (Å²) in [4.78, 5) is 27.4. The Morgan fingerprint density at radius 1 is 1.00 bits per heavy atom. The summed E-state index contributed by atoms with van der Waals surface area (Å²) in [6.07, 6.45) is 2.97. The van der Waals surface area contributed by atoms with Gasteiger partial charge in [-0.1, -0.05) is 43.2 Å². The molecule has 0 heterocycles. The van der Waals surface area contributed by atoms with Crippen LogP contribution in [0.4, 0.5) is 5.69 Å². The molecule has 0 radical (unpaired) electrons. The Hall–Kier alpha value is -2.82. The number of hydrogen-bond donors (Lipinski definition) is 2. The summed E-state index contributed by atoms with van der Waals surface area (Å²) in [6, 6.07) is 15.7. The predicted molar refractivity (Wildman–Crippen MR) is 96.6 cm³/mol. The van der Waals surface area contributed by atoms with Gasteiger partial charge in [0.15, 0.2) is 0 Å². The Bertz CT molecular complexity index is 768. The van der Waals surface area contributed by atoms with Crippen LogP contribution in [-0.4, -0.2) is 29.5 Å². The van der Waals surface area contributed by atoms with Crippen LogP contribution in [0.3, 0.4) is 0 Å². The number of hydrogen-bond acceptors (Lipinski definition) is 3. The third-order valence-electron chi connectivity index (χ3n) is 4.82. The van der Waals surface area contributed by atoms with Crippen molar-refractivity contribution in [3.8, 4) is 5.75 Å². The zero-order chi connectivity index (χ0) is 17.9. The van der Waals surface area contributed by atoms with Crippen LogP contribution < -0.4 is 10.2 Å². The van der Waals surface area contributed by atoms with Gasteiger partial charge in [0, 0.05) is 12.7 Å². The number of nitrogens with zero attached hydrogens (tertiary/aromatic N) is 1. The van der Waals surface area contributed by atoms with Gasteiger partial charge in [-0.15, -0.1) is 0 Å². The molecule has 0 bridgehead atoms. The van der Waals surface area contributed by atoms with Crippen molar-refractivity contribution in [2.75, 3.05) is 11.9 Å². The van der Waals surface area contributed by atoms with Crippen molar-refractivity contribution in [1.82, 2.24) is 5.32 Å². The number of aromatic hydroxyl groups is 1. The van der Waals surface area contributed by atoms with E-state index in [1.54, 1.807) is 30.1 Å². The Labute approximate surface area is 147 Å². The SMILES string of the molecule is CN(C(=O)C1(NC(=O)c2ccccc2O)CCCC1)c1ccccc1. The van der Waals surface area contributed by atoms with Crippen molar-refractivity contribution < 1.29 is 14.7 Å². The fourth-order valence-corrected chi connectivity index (χ4v) is 3.41. The minimum absolute atomic E-state index is 0.0861. The number of amides is 2. The van der Waals surface area contributed by atoms with Gasteiger partial charge in [-0.05, 0) is 37.1 Å². The van der Waals surface area contributed by atoms with Crippen LogP contribution in [0.15, 0.2) is 54.6 Å². The number of likely N-dealkylation sites (N-methyl/N-ethyl adjacent to an activating group) is 1. The first-order valence-electron chi connectivity index (χ1n) is 8.47. The Morgan fingerprint density at radius 2 is 1.60 bits per heavy atom. The number of rotatable bonds is 4. The van der Waals surface area contributed by atoms with Crippen molar-refractivity contribution in [1.29, 1.82) is 0 Å². The van der Waals surface area contributed by atoms with Gasteiger partial charge >= 0.3 is 0 Å². The van der Waals surface area contributed by atoms with Gasteiger partial charge in [0.05, 0.1) is 5.56 Å². The molecule has 1 aliphatic carbocycles. The van der Waals surface area contributed by atoms with Gasteiger partial charge in [0.25, 0.3) is 11.8 Å². The lowest BCUT2D eigenvalue weighted by Gasteiger charge is -2.33. The number of benzene rings is 2. The van der Waals surface area contributed by atoms with Crippen LogP contribution in [0.25, 0.3) is 0 Å². The second kappa shape index (κ2) is 6.97. The monoisotopic (exact) mass is 338 g/mol. The lowest BCUT2D eigenvalue weighted by molar-refractivity contribution is -0.124. The quantitative estimate of drug-likeness (QED) is 0.900. The lowest BCUT2D eigenvalue weighted by Crippen LogP contribution is -2.57. The molecule has 1 fully saturated rings. The van der Waals surface area contributed by atoms with Crippen molar-refractivity contribution in [2.45, 2.75) is 31.2 Å². The van der Waals surface area contributed by atoms with Crippen molar-refractivity contribution in [3.05, 3.63) is 60.2 Å². The molecule has 2 aromatic carbocycles. The maximum Gasteiger partial charge on any atom is 0.255 e. The topological polar surface area (TPSA) is 69.6 Å². The molecule has 0 unspecified atom stereocenters. The normalized spacial score (nSPS) is 15.6. The smallest absolute Gasteiger partial charge is 0.255 e. The maximum absolute atomic E-state index is 13.2. The van der Waals surface area contributed by atoms with E-state index in [9.17, 15) is 14.7 Å². The zero-order valence-corrected chi connectivity index (χ0v) is 14.2. The summed E-state index contributed by atoms with van der Waals surface area (Å²) in [5, 5.41) is 12.8. The van der Waals surface area contributed by atoms with E-state index in [1.165, 1.54) is 6.07 Å². The molecule has 5 heteroatoms. The first kappa shape index (κ1) is 17.0. The van der Waals surface area contributed by atoms with Crippen LogP contribution in [0, 0.1) is 0 Å². The number of carbonyl (C=O) groups excluding carboxylic acids is 2. The van der Waals surface area contributed by atoms with E-state index in [-0.39, 0.29) is 17.2 Å². The van der Waals surface area contributed by atoms with Gasteiger partial charge in [0.2, 0.25) is 0 Å². The number of phenolic OH excluding ortho intramolecular Hbond substituents is 1. The summed E-state index contributed by atoms with van der Waals surface area (Å²) in [5.41, 5.74) is 0.0451. The second-order valence-corrected chi connectivity index (χ2v) is 6.46. The van der Waals surface area contributed by atoms with Crippen LogP contribution in [-0.2, 0) is 4.79 Å². The van der Waals surface area contributed by atoms with Gasteiger partial charge < -0.3 is 15.3 Å². The van der Waals surface area contributed by atoms with Gasteiger partial charge in [-0.3, -0.25) is 9.59 Å². The van der Waals surface area contributed by atoms with Crippen molar-refractivity contribution in [2.24, 2.45) is 0 Å². The summed E-state index contributed by atoms with van der Waals surface area (Å²) < 4.78 is 0. The average molecular weight is 338 g/mol. The predicted octanol–water partition coefficient (Wildman–Crippen LogP) is 3.10. The number of anilines is 1. The molecule has 130 valence electrons. The maximum atomic E-state index is 13.2. The molecule has 1 aliphatic rings. The molecule has 3 rings (SSSR count). The van der Waals surface area contributed by atoms with E-state index in [1.807, 2.05) is 30.3 Å². The van der Waals surface area contributed by atoms with E-state index < -0.39 is 11.4 Å². The first-order valence-corrected chi connectivity index (χ1v) is 8.47. The molecule has 25 heavy (non-hydrogen) atoms. The van der Waals surface area contributed by atoms with Crippen LogP contribution >= 0.6 is 0 Å². The highest BCUT2D eigenvalue weighted by atomic mass is 16.3.